The molecule has 29 heavy (non-hydrogen) atoms. The van der Waals surface area contributed by atoms with Crippen LogP contribution in [0.4, 0.5) is 4.79 Å². The van der Waals surface area contributed by atoms with E-state index in [2.05, 4.69) is 17.4 Å². The Balaban J connectivity index is 1.17. The highest BCUT2D eigenvalue weighted by Gasteiger charge is 2.24. The number of nitrogens with zero attached hydrogens (tertiary/aromatic N) is 1. The number of nitrogens with one attached hydrogen (secondary N) is 1. The van der Waals surface area contributed by atoms with Gasteiger partial charge in [0.2, 0.25) is 13.6 Å². The number of thioether (sulfide) groups is 1. The number of benzene rings is 2. The van der Waals surface area contributed by atoms with Gasteiger partial charge in [-0.25, -0.2) is 4.79 Å². The van der Waals surface area contributed by atoms with Gasteiger partial charge in [0.15, 0.2) is 23.0 Å². The number of ether oxygens (including phenoxy) is 4. The first kappa shape index (κ1) is 18.3. The molecule has 1 saturated heterocycles. The van der Waals surface area contributed by atoms with E-state index >= 15 is 0 Å². The maximum atomic E-state index is 12.7. The number of rotatable bonds is 3. The van der Waals surface area contributed by atoms with E-state index in [-0.39, 0.29) is 19.6 Å². The molecule has 2 aromatic carbocycles. The Morgan fingerprint density at radius 2 is 1.69 bits per heavy atom. The SMILES string of the molecule is O=C(NCc1ccc2c(c1)OCO2)N1CCSC(c2ccc3c(c2)OCO3)CC1. The summed E-state index contributed by atoms with van der Waals surface area (Å²) in [4.78, 5) is 14.6. The van der Waals surface area contributed by atoms with Crippen LogP contribution >= 0.6 is 11.8 Å². The standard InChI is InChI=1S/C21H22N2O5S/c24-21(22-11-14-1-3-16-18(9-14)27-12-25-16)23-6-5-20(29-8-7-23)15-2-4-17-19(10-15)28-13-26-17/h1-4,9-10,20H,5-8,11-13H2,(H,22,24). The largest absolute Gasteiger partial charge is 0.454 e. The molecular formula is C21H22N2O5S. The van der Waals surface area contributed by atoms with Gasteiger partial charge in [-0.15, -0.1) is 0 Å². The van der Waals surface area contributed by atoms with Crippen molar-refractivity contribution in [1.29, 1.82) is 0 Å². The first-order valence-corrected chi connectivity index (χ1v) is 10.7. The lowest BCUT2D eigenvalue weighted by molar-refractivity contribution is 0.173. The molecule has 3 aliphatic rings. The van der Waals surface area contributed by atoms with Gasteiger partial charge in [-0.2, -0.15) is 11.8 Å². The van der Waals surface area contributed by atoms with E-state index in [1.54, 1.807) is 0 Å². The number of carbonyl (C=O) groups is 1. The van der Waals surface area contributed by atoms with Crippen molar-refractivity contribution in [3.05, 3.63) is 47.5 Å². The highest BCUT2D eigenvalue weighted by molar-refractivity contribution is 7.99. The second kappa shape index (κ2) is 7.94. The number of urea groups is 1. The van der Waals surface area contributed by atoms with Crippen LogP contribution in [0.3, 0.4) is 0 Å². The van der Waals surface area contributed by atoms with Gasteiger partial charge in [-0.3, -0.25) is 0 Å². The predicted molar refractivity (Wildman–Crippen MR) is 109 cm³/mol. The molecule has 0 aromatic heterocycles. The lowest BCUT2D eigenvalue weighted by Crippen LogP contribution is -2.40. The summed E-state index contributed by atoms with van der Waals surface area (Å²) in [7, 11) is 0. The minimum Gasteiger partial charge on any atom is -0.454 e. The second-order valence-electron chi connectivity index (χ2n) is 7.09. The highest BCUT2D eigenvalue weighted by Crippen LogP contribution is 2.40. The van der Waals surface area contributed by atoms with Gasteiger partial charge < -0.3 is 29.2 Å². The Morgan fingerprint density at radius 1 is 0.966 bits per heavy atom. The minimum absolute atomic E-state index is 0.0328. The molecule has 0 saturated carbocycles. The lowest BCUT2D eigenvalue weighted by atomic mass is 10.1. The Morgan fingerprint density at radius 3 is 2.52 bits per heavy atom. The summed E-state index contributed by atoms with van der Waals surface area (Å²) < 4.78 is 21.6. The van der Waals surface area contributed by atoms with Crippen molar-refractivity contribution >= 4 is 17.8 Å². The summed E-state index contributed by atoms with van der Waals surface area (Å²) >= 11 is 1.88. The third-order valence-electron chi connectivity index (χ3n) is 5.28. The van der Waals surface area contributed by atoms with Crippen LogP contribution in [-0.4, -0.2) is 43.4 Å². The van der Waals surface area contributed by atoms with Crippen LogP contribution in [0.1, 0.15) is 22.8 Å². The fraction of sp³-hybridized carbons (Fsp3) is 0.381. The van der Waals surface area contributed by atoms with Crippen LogP contribution in [0.2, 0.25) is 0 Å². The van der Waals surface area contributed by atoms with Crippen molar-refractivity contribution in [2.24, 2.45) is 0 Å². The molecule has 1 unspecified atom stereocenters. The average Bonchev–Trinajstić information content (AvgIpc) is 3.34. The molecule has 1 fully saturated rings. The molecule has 8 heteroatoms. The quantitative estimate of drug-likeness (QED) is 0.829. The van der Waals surface area contributed by atoms with Gasteiger partial charge >= 0.3 is 6.03 Å². The number of hydrogen-bond donors (Lipinski definition) is 1. The van der Waals surface area contributed by atoms with Crippen molar-refractivity contribution in [3.63, 3.8) is 0 Å². The third-order valence-corrected chi connectivity index (χ3v) is 6.61. The van der Waals surface area contributed by atoms with Crippen LogP contribution in [-0.2, 0) is 6.54 Å². The molecule has 0 radical (unpaired) electrons. The zero-order chi connectivity index (χ0) is 19.6. The molecule has 0 spiro atoms. The lowest BCUT2D eigenvalue weighted by Gasteiger charge is -2.21. The molecule has 152 valence electrons. The topological polar surface area (TPSA) is 69.3 Å². The van der Waals surface area contributed by atoms with E-state index in [9.17, 15) is 4.79 Å². The van der Waals surface area contributed by atoms with Gasteiger partial charge in [0.25, 0.3) is 0 Å². The van der Waals surface area contributed by atoms with Crippen LogP contribution in [0.15, 0.2) is 36.4 Å². The van der Waals surface area contributed by atoms with Crippen molar-refractivity contribution in [3.8, 4) is 23.0 Å². The normalized spacial score (nSPS) is 19.7. The summed E-state index contributed by atoms with van der Waals surface area (Å²) in [5.74, 6) is 3.99. The number of carbonyl (C=O) groups excluding carboxylic acids is 1. The van der Waals surface area contributed by atoms with E-state index < -0.39 is 0 Å². The van der Waals surface area contributed by atoms with E-state index in [4.69, 9.17) is 18.9 Å². The van der Waals surface area contributed by atoms with Crippen LogP contribution in [0.5, 0.6) is 23.0 Å². The first-order valence-electron chi connectivity index (χ1n) is 9.69. The monoisotopic (exact) mass is 414 g/mol. The number of hydrogen-bond acceptors (Lipinski definition) is 6. The fourth-order valence-corrected chi connectivity index (χ4v) is 4.91. The van der Waals surface area contributed by atoms with Crippen LogP contribution in [0, 0.1) is 0 Å². The summed E-state index contributed by atoms with van der Waals surface area (Å²) in [6.45, 7) is 2.46. The summed E-state index contributed by atoms with van der Waals surface area (Å²) in [5.41, 5.74) is 2.21. The van der Waals surface area contributed by atoms with Crippen LogP contribution < -0.4 is 24.3 Å². The molecule has 2 aromatic rings. The first-order chi connectivity index (χ1) is 14.3. The van der Waals surface area contributed by atoms with E-state index in [0.29, 0.717) is 11.8 Å². The molecule has 5 rings (SSSR count). The molecule has 0 bridgehead atoms. The van der Waals surface area contributed by atoms with Crippen LogP contribution in [0.25, 0.3) is 0 Å². The maximum Gasteiger partial charge on any atom is 0.317 e. The van der Waals surface area contributed by atoms with Crippen molar-refractivity contribution in [2.75, 3.05) is 32.4 Å². The Bertz CT molecular complexity index is 922. The zero-order valence-corrected chi connectivity index (χ0v) is 16.7. The van der Waals surface area contributed by atoms with Gasteiger partial charge in [-0.05, 0) is 41.8 Å². The van der Waals surface area contributed by atoms with Gasteiger partial charge in [0, 0.05) is 30.6 Å². The maximum absolute atomic E-state index is 12.7. The predicted octanol–water partition coefficient (Wildman–Crippen LogP) is 3.53. The third kappa shape index (κ3) is 3.89. The molecular weight excluding hydrogens is 392 g/mol. The molecule has 1 N–H and O–H groups in total. The fourth-order valence-electron chi connectivity index (χ4n) is 3.69. The second-order valence-corrected chi connectivity index (χ2v) is 8.40. The smallest absolute Gasteiger partial charge is 0.317 e. The van der Waals surface area contributed by atoms with Gasteiger partial charge in [0.05, 0.1) is 0 Å². The van der Waals surface area contributed by atoms with E-state index in [1.165, 1.54) is 5.56 Å². The van der Waals surface area contributed by atoms with Crippen molar-refractivity contribution in [2.45, 2.75) is 18.2 Å². The zero-order valence-electron chi connectivity index (χ0n) is 15.9. The van der Waals surface area contributed by atoms with E-state index in [0.717, 1.165) is 53.8 Å². The van der Waals surface area contributed by atoms with Gasteiger partial charge in [0.1, 0.15) is 0 Å². The molecule has 3 heterocycles. The summed E-state index contributed by atoms with van der Waals surface area (Å²) in [6.07, 6.45) is 0.905. The molecule has 1 atom stereocenters. The van der Waals surface area contributed by atoms with Crippen molar-refractivity contribution in [1.82, 2.24) is 10.2 Å². The number of fused-ring (bicyclic) bond motifs is 2. The molecule has 2 amide bonds. The highest BCUT2D eigenvalue weighted by atomic mass is 32.2. The molecule has 0 aliphatic carbocycles. The minimum atomic E-state index is -0.0328. The van der Waals surface area contributed by atoms with E-state index in [1.807, 2.05) is 40.9 Å². The average molecular weight is 414 g/mol. The summed E-state index contributed by atoms with van der Waals surface area (Å²) in [6, 6.07) is 11.8. The summed E-state index contributed by atoms with van der Waals surface area (Å²) in [5, 5.41) is 3.36. The molecule has 7 nitrogen and oxygen atoms in total. The van der Waals surface area contributed by atoms with Gasteiger partial charge in [-0.1, -0.05) is 12.1 Å². The Kier molecular flexibility index (Phi) is 5.01. The molecule has 3 aliphatic heterocycles. The van der Waals surface area contributed by atoms with Crippen molar-refractivity contribution < 1.29 is 23.7 Å². The Labute approximate surface area is 173 Å². The number of amides is 2. The Hall–Kier alpha value is -2.74.